The van der Waals surface area contributed by atoms with E-state index in [9.17, 15) is 9.90 Å². The van der Waals surface area contributed by atoms with Crippen LogP contribution in [-0.4, -0.2) is 24.1 Å². The Morgan fingerprint density at radius 2 is 2.06 bits per heavy atom. The average molecular weight is 239 g/mol. The number of hydrogen-bond donors (Lipinski definition) is 0. The first-order chi connectivity index (χ1) is 8.25. The fourth-order valence-corrected chi connectivity index (χ4v) is 1.63. The van der Waals surface area contributed by atoms with Crippen LogP contribution < -0.4 is 24.0 Å². The van der Waals surface area contributed by atoms with Gasteiger partial charge in [-0.25, -0.2) is 4.79 Å². The van der Waals surface area contributed by atoms with E-state index < -0.39 is 0 Å². The zero-order valence-electron chi connectivity index (χ0n) is 10.5. The molecule has 0 aromatic heterocycles. The molecule has 0 saturated heterocycles. The van der Waals surface area contributed by atoms with Gasteiger partial charge in [0.1, 0.15) is 6.61 Å². The van der Waals surface area contributed by atoms with E-state index in [2.05, 4.69) is 0 Å². The van der Waals surface area contributed by atoms with Gasteiger partial charge in [0.2, 0.25) is 0 Å². The fourth-order valence-electron chi connectivity index (χ4n) is 1.63. The maximum absolute atomic E-state index is 11.7. The van der Waals surface area contributed by atoms with E-state index in [-0.39, 0.29) is 37.3 Å². The predicted molar refractivity (Wildman–Crippen MR) is 60.9 cm³/mol. The molecule has 0 N–H and O–H groups in total. The molecule has 1 aliphatic rings. The van der Waals surface area contributed by atoms with Crippen LogP contribution in [0.3, 0.4) is 0 Å². The summed E-state index contributed by atoms with van der Waals surface area (Å²) >= 11 is 0. The van der Waals surface area contributed by atoms with Crippen LogP contribution in [0.4, 0.5) is 4.79 Å². The summed E-state index contributed by atoms with van der Waals surface area (Å²) in [6.07, 6.45) is 1.55. The summed E-state index contributed by atoms with van der Waals surface area (Å²) in [5, 5.41) is 11.0. The second-order valence-electron chi connectivity index (χ2n) is 3.91. The number of benzene rings is 1. The van der Waals surface area contributed by atoms with Crippen molar-refractivity contribution in [2.45, 2.75) is 13.0 Å². The molecule has 0 aliphatic carbocycles. The zero-order valence-corrected chi connectivity index (χ0v) is 10.5. The summed E-state index contributed by atoms with van der Waals surface area (Å²) in [5.74, 6) is 0.0945. The molecular formula is C13H14LiNO3. The minimum atomic E-state index is -0.363. The molecule has 0 saturated carbocycles. The molecule has 0 radical (unpaired) electrons. The number of rotatable bonds is 2. The van der Waals surface area contributed by atoms with Crippen LogP contribution >= 0.6 is 0 Å². The smallest absolute Gasteiger partial charge is 0.876 e. The summed E-state index contributed by atoms with van der Waals surface area (Å²) in [5.41, 5.74) is 0.956. The summed E-state index contributed by atoms with van der Waals surface area (Å²) in [7, 11) is 0. The number of carbonyl (C=O) groups excluding carboxylic acids is 1. The molecule has 5 heteroatoms. The summed E-state index contributed by atoms with van der Waals surface area (Å²) < 4.78 is 5.16. The molecule has 0 spiro atoms. The van der Waals surface area contributed by atoms with Crippen molar-refractivity contribution < 1.29 is 33.5 Å². The molecule has 4 nitrogen and oxygen atoms in total. The van der Waals surface area contributed by atoms with Crippen molar-refractivity contribution in [3.8, 4) is 0 Å². The van der Waals surface area contributed by atoms with Crippen molar-refractivity contribution in [1.29, 1.82) is 0 Å². The number of hydrogen-bond acceptors (Lipinski definition) is 3. The van der Waals surface area contributed by atoms with E-state index in [0.29, 0.717) is 19.5 Å². The van der Waals surface area contributed by atoms with Gasteiger partial charge in [-0.2, -0.15) is 0 Å². The van der Waals surface area contributed by atoms with Gasteiger partial charge in [0, 0.05) is 13.1 Å². The molecule has 1 aromatic carbocycles. The van der Waals surface area contributed by atoms with Crippen LogP contribution in [-0.2, 0) is 11.3 Å². The SMILES string of the molecule is O=C(OCc1ccccc1)N1CC=C([O-])CC1.[Li+]. The Kier molecular flexibility index (Phi) is 5.83. The summed E-state index contributed by atoms with van der Waals surface area (Å²) in [4.78, 5) is 13.2. The Morgan fingerprint density at radius 1 is 1.33 bits per heavy atom. The molecule has 90 valence electrons. The minimum absolute atomic E-state index is 0. The molecule has 18 heavy (non-hydrogen) atoms. The molecular weight excluding hydrogens is 225 g/mol. The normalized spacial score (nSPS) is 14.4. The van der Waals surface area contributed by atoms with Crippen molar-refractivity contribution in [3.63, 3.8) is 0 Å². The third-order valence-corrected chi connectivity index (χ3v) is 2.63. The van der Waals surface area contributed by atoms with Crippen molar-refractivity contribution in [1.82, 2.24) is 4.90 Å². The molecule has 2 rings (SSSR count). The maximum Gasteiger partial charge on any atom is 1.00 e. The van der Waals surface area contributed by atoms with Crippen LogP contribution in [0.2, 0.25) is 0 Å². The van der Waals surface area contributed by atoms with Crippen molar-refractivity contribution in [2.75, 3.05) is 13.1 Å². The van der Waals surface area contributed by atoms with Crippen LogP contribution in [0.5, 0.6) is 0 Å². The largest absolute Gasteiger partial charge is 1.00 e. The van der Waals surface area contributed by atoms with Gasteiger partial charge in [0.05, 0.1) is 0 Å². The number of carbonyl (C=O) groups is 1. The molecule has 1 heterocycles. The Bertz CT molecular complexity index is 420. The molecule has 0 unspecified atom stereocenters. The van der Waals surface area contributed by atoms with Gasteiger partial charge >= 0.3 is 25.0 Å². The van der Waals surface area contributed by atoms with Gasteiger partial charge in [-0.15, -0.1) is 5.76 Å². The van der Waals surface area contributed by atoms with Crippen LogP contribution in [0, 0.1) is 0 Å². The van der Waals surface area contributed by atoms with Crippen molar-refractivity contribution in [2.24, 2.45) is 0 Å². The summed E-state index contributed by atoms with van der Waals surface area (Å²) in [6.45, 7) is 1.07. The number of nitrogens with zero attached hydrogens (tertiary/aromatic N) is 1. The van der Waals surface area contributed by atoms with E-state index in [1.807, 2.05) is 30.3 Å². The second-order valence-corrected chi connectivity index (χ2v) is 3.91. The first kappa shape index (κ1) is 14.7. The van der Waals surface area contributed by atoms with Gasteiger partial charge < -0.3 is 14.7 Å². The standard InChI is InChI=1S/C13H15NO3.Li/c15-12-6-8-14(9-7-12)13(16)17-10-11-4-2-1-3-5-11;/h1-6,15H,7-10H2;/q;+1/p-1. The maximum atomic E-state index is 11.7. The first-order valence-electron chi connectivity index (χ1n) is 5.57. The van der Waals surface area contributed by atoms with E-state index in [1.165, 1.54) is 11.0 Å². The van der Waals surface area contributed by atoms with Gasteiger partial charge in [-0.3, -0.25) is 0 Å². The Morgan fingerprint density at radius 3 is 2.67 bits per heavy atom. The molecule has 1 aliphatic heterocycles. The van der Waals surface area contributed by atoms with Gasteiger partial charge in [-0.1, -0.05) is 36.4 Å². The average Bonchev–Trinajstić information content (AvgIpc) is 2.38. The topological polar surface area (TPSA) is 52.6 Å². The molecule has 1 aromatic rings. The Labute approximate surface area is 118 Å². The monoisotopic (exact) mass is 239 g/mol. The first-order valence-corrected chi connectivity index (χ1v) is 5.57. The van der Waals surface area contributed by atoms with E-state index in [0.717, 1.165) is 5.56 Å². The van der Waals surface area contributed by atoms with E-state index in [4.69, 9.17) is 4.74 Å². The zero-order chi connectivity index (χ0) is 12.1. The molecule has 0 bridgehead atoms. The molecule has 0 atom stereocenters. The van der Waals surface area contributed by atoms with E-state index in [1.54, 1.807) is 0 Å². The van der Waals surface area contributed by atoms with Gasteiger partial charge in [0.25, 0.3) is 0 Å². The fraction of sp³-hybridized carbons (Fsp3) is 0.308. The quantitative estimate of drug-likeness (QED) is 0.577. The predicted octanol–water partition coefficient (Wildman–Crippen LogP) is -1.72. The summed E-state index contributed by atoms with van der Waals surface area (Å²) in [6, 6.07) is 9.52. The van der Waals surface area contributed by atoms with Gasteiger partial charge in [0.15, 0.2) is 0 Å². The van der Waals surface area contributed by atoms with Crippen LogP contribution in [0.1, 0.15) is 12.0 Å². The Balaban J connectivity index is 0.00000162. The van der Waals surface area contributed by atoms with Crippen molar-refractivity contribution >= 4 is 6.09 Å². The Hall–Kier alpha value is -1.37. The second kappa shape index (κ2) is 7.15. The van der Waals surface area contributed by atoms with E-state index >= 15 is 0 Å². The third kappa shape index (κ3) is 4.14. The number of amides is 1. The minimum Gasteiger partial charge on any atom is -0.876 e. The van der Waals surface area contributed by atoms with Crippen LogP contribution in [0.15, 0.2) is 42.2 Å². The van der Waals surface area contributed by atoms with Crippen molar-refractivity contribution in [3.05, 3.63) is 47.7 Å². The molecule has 0 fully saturated rings. The van der Waals surface area contributed by atoms with Gasteiger partial charge in [-0.05, 0) is 12.0 Å². The van der Waals surface area contributed by atoms with Crippen LogP contribution in [0.25, 0.3) is 0 Å². The third-order valence-electron chi connectivity index (χ3n) is 2.63. The molecule has 1 amide bonds. The number of ether oxygens (including phenoxy) is 1.